The Bertz CT molecular complexity index is 692. The average molecular weight is 558 g/mol. The zero-order valence-corrected chi connectivity index (χ0v) is 18.3. The molecule has 0 aliphatic heterocycles. The number of hydrogen-bond acceptors (Lipinski definition) is 3. The van der Waals surface area contributed by atoms with Crippen molar-refractivity contribution < 1.29 is 4.74 Å². The largest absolute Gasteiger partial charge is 0.495 e. The molecular formula is C15H14Br4N2O. The van der Waals surface area contributed by atoms with Crippen LogP contribution in [0.2, 0.25) is 0 Å². The molecule has 0 spiro atoms. The summed E-state index contributed by atoms with van der Waals surface area (Å²) in [6, 6.07) is 8.03. The van der Waals surface area contributed by atoms with E-state index in [2.05, 4.69) is 80.4 Å². The van der Waals surface area contributed by atoms with E-state index >= 15 is 0 Å². The summed E-state index contributed by atoms with van der Waals surface area (Å²) >= 11 is 14.1. The standard InChI is InChI=1S/C15H14Br4N2O/c1-20-14-8(3-9(16)4-11(14)18)7-21-15-12(19)5-10(17)6-13(15)22-2/h3-6,20-21H,7H2,1-2H3. The maximum Gasteiger partial charge on any atom is 0.144 e. The van der Waals surface area contributed by atoms with Crippen LogP contribution >= 0.6 is 63.7 Å². The highest BCUT2D eigenvalue weighted by molar-refractivity contribution is 9.11. The van der Waals surface area contributed by atoms with Gasteiger partial charge in [0.1, 0.15) is 5.75 Å². The highest BCUT2D eigenvalue weighted by Gasteiger charge is 2.12. The fourth-order valence-electron chi connectivity index (χ4n) is 2.11. The number of anilines is 2. The molecule has 0 saturated carbocycles. The first-order valence-corrected chi connectivity index (χ1v) is 9.56. The topological polar surface area (TPSA) is 33.3 Å². The van der Waals surface area contributed by atoms with Crippen LogP contribution in [-0.2, 0) is 6.54 Å². The minimum Gasteiger partial charge on any atom is -0.495 e. The Morgan fingerprint density at radius 3 is 2.09 bits per heavy atom. The van der Waals surface area contributed by atoms with Gasteiger partial charge < -0.3 is 15.4 Å². The molecule has 2 aromatic carbocycles. The molecule has 0 aliphatic carbocycles. The van der Waals surface area contributed by atoms with Crippen molar-refractivity contribution in [1.82, 2.24) is 0 Å². The van der Waals surface area contributed by atoms with Crippen LogP contribution in [-0.4, -0.2) is 14.2 Å². The zero-order chi connectivity index (χ0) is 16.3. The molecule has 22 heavy (non-hydrogen) atoms. The minimum atomic E-state index is 0.658. The minimum absolute atomic E-state index is 0.658. The Kier molecular flexibility index (Phi) is 6.61. The van der Waals surface area contributed by atoms with Crippen LogP contribution in [0, 0.1) is 0 Å². The predicted molar refractivity (Wildman–Crippen MR) is 107 cm³/mol. The number of methoxy groups -OCH3 is 1. The third-order valence-corrected chi connectivity index (χ3v) is 5.25. The van der Waals surface area contributed by atoms with Gasteiger partial charge in [0.25, 0.3) is 0 Å². The summed E-state index contributed by atoms with van der Waals surface area (Å²) in [4.78, 5) is 0. The monoisotopic (exact) mass is 554 g/mol. The molecule has 0 heterocycles. The van der Waals surface area contributed by atoms with Crippen molar-refractivity contribution in [3.63, 3.8) is 0 Å². The van der Waals surface area contributed by atoms with Gasteiger partial charge in [0.2, 0.25) is 0 Å². The van der Waals surface area contributed by atoms with E-state index < -0.39 is 0 Å². The van der Waals surface area contributed by atoms with Crippen LogP contribution in [0.5, 0.6) is 5.75 Å². The lowest BCUT2D eigenvalue weighted by Gasteiger charge is -2.17. The molecule has 118 valence electrons. The number of ether oxygens (including phenoxy) is 1. The highest BCUT2D eigenvalue weighted by atomic mass is 79.9. The summed E-state index contributed by atoms with van der Waals surface area (Å²) in [6.07, 6.45) is 0. The first-order valence-electron chi connectivity index (χ1n) is 6.38. The number of rotatable bonds is 5. The van der Waals surface area contributed by atoms with Crippen LogP contribution in [0.25, 0.3) is 0 Å². The van der Waals surface area contributed by atoms with Crippen LogP contribution in [0.4, 0.5) is 11.4 Å². The van der Waals surface area contributed by atoms with Gasteiger partial charge in [0.05, 0.1) is 18.5 Å². The maximum absolute atomic E-state index is 5.44. The fourth-order valence-corrected chi connectivity index (χ4v) is 4.95. The molecule has 0 aliphatic rings. The van der Waals surface area contributed by atoms with Gasteiger partial charge in [-0.3, -0.25) is 0 Å². The van der Waals surface area contributed by atoms with Crippen molar-refractivity contribution in [3.8, 4) is 5.75 Å². The molecule has 2 aromatic rings. The Morgan fingerprint density at radius 1 is 0.909 bits per heavy atom. The summed E-state index contributed by atoms with van der Waals surface area (Å²) in [5.74, 6) is 0.779. The third kappa shape index (κ3) is 4.19. The fraction of sp³-hybridized carbons (Fsp3) is 0.200. The van der Waals surface area contributed by atoms with Gasteiger partial charge in [-0.2, -0.15) is 0 Å². The Balaban J connectivity index is 2.31. The van der Waals surface area contributed by atoms with Gasteiger partial charge >= 0.3 is 0 Å². The van der Waals surface area contributed by atoms with Crippen LogP contribution in [0.15, 0.2) is 42.2 Å². The van der Waals surface area contributed by atoms with Crippen LogP contribution in [0.3, 0.4) is 0 Å². The van der Waals surface area contributed by atoms with Crippen molar-refractivity contribution in [2.75, 3.05) is 24.8 Å². The number of hydrogen-bond donors (Lipinski definition) is 2. The van der Waals surface area contributed by atoms with E-state index in [0.29, 0.717) is 6.54 Å². The molecule has 3 nitrogen and oxygen atoms in total. The second-order valence-electron chi connectivity index (χ2n) is 4.49. The molecule has 0 unspecified atom stereocenters. The van der Waals surface area contributed by atoms with Gasteiger partial charge in [-0.1, -0.05) is 31.9 Å². The summed E-state index contributed by atoms with van der Waals surface area (Å²) in [7, 11) is 3.57. The molecule has 0 bridgehead atoms. The molecule has 0 fully saturated rings. The number of halogens is 4. The van der Waals surface area contributed by atoms with Crippen LogP contribution in [0.1, 0.15) is 5.56 Å². The van der Waals surface area contributed by atoms with Crippen molar-refractivity contribution in [3.05, 3.63) is 47.7 Å². The smallest absolute Gasteiger partial charge is 0.144 e. The second-order valence-corrected chi connectivity index (χ2v) is 8.03. The van der Waals surface area contributed by atoms with E-state index in [-0.39, 0.29) is 0 Å². The Morgan fingerprint density at radius 2 is 1.50 bits per heavy atom. The van der Waals surface area contributed by atoms with Gasteiger partial charge in [-0.15, -0.1) is 0 Å². The number of benzene rings is 2. The Hall–Kier alpha value is -0.240. The lowest BCUT2D eigenvalue weighted by Crippen LogP contribution is -2.05. The highest BCUT2D eigenvalue weighted by Crippen LogP contribution is 2.37. The molecule has 0 atom stereocenters. The number of nitrogens with one attached hydrogen (secondary N) is 2. The third-order valence-electron chi connectivity index (χ3n) is 3.08. The quantitative estimate of drug-likeness (QED) is 0.446. The lowest BCUT2D eigenvalue weighted by molar-refractivity contribution is 0.416. The summed E-state index contributed by atoms with van der Waals surface area (Å²) in [5.41, 5.74) is 3.12. The van der Waals surface area contributed by atoms with Gasteiger partial charge in [0, 0.05) is 31.5 Å². The van der Waals surface area contributed by atoms with E-state index in [4.69, 9.17) is 4.74 Å². The van der Waals surface area contributed by atoms with Gasteiger partial charge in [-0.25, -0.2) is 0 Å². The zero-order valence-electron chi connectivity index (χ0n) is 11.9. The lowest BCUT2D eigenvalue weighted by atomic mass is 10.1. The van der Waals surface area contributed by atoms with Gasteiger partial charge in [-0.05, 0) is 61.7 Å². The van der Waals surface area contributed by atoms with Gasteiger partial charge in [0.15, 0.2) is 0 Å². The molecule has 0 radical (unpaired) electrons. The van der Waals surface area contributed by atoms with Crippen LogP contribution < -0.4 is 15.4 Å². The Labute approximate surface area is 163 Å². The van der Waals surface area contributed by atoms with E-state index in [0.717, 1.165) is 40.6 Å². The normalized spacial score (nSPS) is 10.5. The average Bonchev–Trinajstić information content (AvgIpc) is 2.45. The molecule has 2 N–H and O–H groups in total. The van der Waals surface area contributed by atoms with Crippen molar-refractivity contribution in [2.24, 2.45) is 0 Å². The summed E-state index contributed by atoms with van der Waals surface area (Å²) < 4.78 is 9.39. The van der Waals surface area contributed by atoms with Crippen molar-refractivity contribution >= 4 is 75.1 Å². The van der Waals surface area contributed by atoms with E-state index in [1.54, 1.807) is 7.11 Å². The molecule has 2 rings (SSSR count). The second kappa shape index (κ2) is 8.04. The molecule has 7 heteroatoms. The summed E-state index contributed by atoms with van der Waals surface area (Å²) in [6.45, 7) is 0.658. The van der Waals surface area contributed by atoms with E-state index in [1.807, 2.05) is 25.2 Å². The van der Waals surface area contributed by atoms with Crippen molar-refractivity contribution in [1.29, 1.82) is 0 Å². The SMILES string of the molecule is CNc1c(Br)cc(Br)cc1CNc1c(Br)cc(Br)cc1OC. The predicted octanol–water partition coefficient (Wildman–Crippen LogP) is 6.40. The van der Waals surface area contributed by atoms with Crippen molar-refractivity contribution in [2.45, 2.75) is 6.54 Å². The maximum atomic E-state index is 5.44. The van der Waals surface area contributed by atoms with E-state index in [9.17, 15) is 0 Å². The first-order chi connectivity index (χ1) is 10.5. The molecule has 0 saturated heterocycles. The molecular weight excluding hydrogens is 544 g/mol. The van der Waals surface area contributed by atoms with E-state index in [1.165, 1.54) is 0 Å². The molecule has 0 amide bonds. The molecule has 0 aromatic heterocycles. The summed E-state index contributed by atoms with van der Waals surface area (Å²) in [5, 5.41) is 6.65. The first kappa shape index (κ1) is 18.1.